The fraction of sp³-hybridized carbons (Fsp3) is 0.280. The molecule has 0 unspecified atom stereocenters. The molecule has 3 nitrogen and oxygen atoms in total. The number of hydrogen-bond donors (Lipinski definition) is 0. The minimum atomic E-state index is -0.0348. The molecule has 0 amide bonds. The van der Waals surface area contributed by atoms with E-state index in [0.29, 0.717) is 5.92 Å². The van der Waals surface area contributed by atoms with E-state index >= 15 is 0 Å². The van der Waals surface area contributed by atoms with Crippen molar-refractivity contribution in [3.8, 4) is 0 Å². The Hall–Kier alpha value is -2.42. The number of hydrogen-bond acceptors (Lipinski definition) is 3. The molecule has 0 radical (unpaired) electrons. The van der Waals surface area contributed by atoms with Crippen LogP contribution in [0.25, 0.3) is 0 Å². The zero-order valence-electron chi connectivity index (χ0n) is 17.7. The van der Waals surface area contributed by atoms with Gasteiger partial charge in [-0.25, -0.2) is 0 Å². The van der Waals surface area contributed by atoms with Crippen LogP contribution in [0.1, 0.15) is 33.3 Å². The second kappa shape index (κ2) is 7.44. The zero-order valence-corrected chi connectivity index (χ0v) is 19.4. The van der Waals surface area contributed by atoms with Gasteiger partial charge in [-0.05, 0) is 0 Å². The summed E-state index contributed by atoms with van der Waals surface area (Å²) in [6.07, 6.45) is 4.49. The molecule has 0 saturated heterocycles. The molecule has 29 heavy (non-hydrogen) atoms. The van der Waals surface area contributed by atoms with Gasteiger partial charge >= 0.3 is 182 Å². The van der Waals surface area contributed by atoms with Gasteiger partial charge in [0.05, 0.1) is 0 Å². The van der Waals surface area contributed by atoms with E-state index in [9.17, 15) is 0 Å². The number of anilines is 2. The van der Waals surface area contributed by atoms with E-state index in [1.54, 1.807) is 0 Å². The zero-order chi connectivity index (χ0) is 20.8. The van der Waals surface area contributed by atoms with Crippen LogP contribution in [0.3, 0.4) is 0 Å². The summed E-state index contributed by atoms with van der Waals surface area (Å²) in [5.74, 6) is 0.336. The molecule has 4 rings (SSSR count). The predicted octanol–water partition coefficient (Wildman–Crippen LogP) is 5.05. The van der Waals surface area contributed by atoms with E-state index in [1.165, 1.54) is 16.9 Å². The van der Waals surface area contributed by atoms with Gasteiger partial charge in [0, 0.05) is 0 Å². The Morgan fingerprint density at radius 3 is 2.28 bits per heavy atom. The fourth-order valence-corrected chi connectivity index (χ4v) is 4.89. The summed E-state index contributed by atoms with van der Waals surface area (Å²) in [5, 5.41) is 6.94. The quantitative estimate of drug-likeness (QED) is 0.612. The standard InChI is InChI=1S/C25H27N3Se/c1-17(2)23-19(24(29)28(26-23)18-11-7-6-8-12-18)15-16-22-25(3,4)20-13-9-10-14-21(20)27(22)5/h6-17H,1-5H3. The minimum absolute atomic E-state index is 0.0348. The Bertz CT molecular complexity index is 1040. The summed E-state index contributed by atoms with van der Waals surface area (Å²) in [6, 6.07) is 19.0. The van der Waals surface area contributed by atoms with Gasteiger partial charge in [-0.1, -0.05) is 0 Å². The number of nitrogens with zero attached hydrogens (tertiary/aromatic N) is 3. The fourth-order valence-electron chi connectivity index (χ4n) is 4.22. The van der Waals surface area contributed by atoms with Crippen molar-refractivity contribution in [3.05, 3.63) is 83.6 Å². The first-order valence-corrected chi connectivity index (χ1v) is 10.9. The Morgan fingerprint density at radius 1 is 0.966 bits per heavy atom. The second-order valence-corrected chi connectivity index (χ2v) is 9.24. The van der Waals surface area contributed by atoms with E-state index < -0.39 is 0 Å². The van der Waals surface area contributed by atoms with E-state index in [2.05, 4.69) is 104 Å². The normalized spacial score (nSPS) is 20.8. The van der Waals surface area contributed by atoms with Crippen LogP contribution in [0.15, 0.2) is 83.1 Å². The number of benzene rings is 2. The molecule has 2 aliphatic rings. The number of allylic oxidation sites excluding steroid dienone is 3. The van der Waals surface area contributed by atoms with Crippen LogP contribution < -0.4 is 9.91 Å². The molecule has 2 aromatic rings. The topological polar surface area (TPSA) is 18.8 Å². The van der Waals surface area contributed by atoms with Gasteiger partial charge in [0.1, 0.15) is 0 Å². The van der Waals surface area contributed by atoms with E-state index in [-0.39, 0.29) is 5.41 Å². The van der Waals surface area contributed by atoms with Crippen molar-refractivity contribution >= 4 is 37.2 Å². The molecule has 0 saturated carbocycles. The molecule has 0 aromatic heterocycles. The molecule has 148 valence electrons. The molecule has 2 heterocycles. The van der Waals surface area contributed by atoms with Gasteiger partial charge in [-0.2, -0.15) is 0 Å². The summed E-state index contributed by atoms with van der Waals surface area (Å²) < 4.78 is 1.05. The molecular formula is C25H27N3Se. The molecular weight excluding hydrogens is 421 g/mol. The van der Waals surface area contributed by atoms with Crippen LogP contribution >= 0.6 is 0 Å². The number of para-hydroxylation sites is 2. The summed E-state index contributed by atoms with van der Waals surface area (Å²) in [4.78, 5) is 2.31. The van der Waals surface area contributed by atoms with Crippen molar-refractivity contribution in [3.63, 3.8) is 0 Å². The maximum atomic E-state index is 4.93. The molecule has 4 heteroatoms. The first kappa shape index (κ1) is 19.9. The van der Waals surface area contributed by atoms with E-state index in [1.807, 2.05) is 23.2 Å². The average Bonchev–Trinajstić information content (AvgIpc) is 3.14. The van der Waals surface area contributed by atoms with E-state index in [0.717, 1.165) is 21.5 Å². The average molecular weight is 448 g/mol. The third-order valence-electron chi connectivity index (χ3n) is 5.80. The van der Waals surface area contributed by atoms with Crippen molar-refractivity contribution in [2.75, 3.05) is 17.0 Å². The van der Waals surface area contributed by atoms with Crippen molar-refractivity contribution in [1.82, 2.24) is 0 Å². The molecule has 2 aliphatic heterocycles. The van der Waals surface area contributed by atoms with Crippen LogP contribution in [0.4, 0.5) is 11.4 Å². The molecule has 2 aromatic carbocycles. The Balaban J connectivity index is 1.74. The summed E-state index contributed by atoms with van der Waals surface area (Å²) in [5.41, 5.74) is 7.25. The Kier molecular flexibility index (Phi) is 5.10. The van der Waals surface area contributed by atoms with Crippen LogP contribution in [0.2, 0.25) is 0 Å². The summed E-state index contributed by atoms with van der Waals surface area (Å²) in [6.45, 7) is 8.99. The van der Waals surface area contributed by atoms with Crippen LogP contribution in [-0.2, 0) is 5.41 Å². The number of likely N-dealkylation sites (N-methyl/N-ethyl adjacent to an activating group) is 1. The first-order chi connectivity index (χ1) is 13.8. The van der Waals surface area contributed by atoms with Crippen LogP contribution in [0.5, 0.6) is 0 Å². The SMILES string of the molecule is CC(C)C1=NN(c2ccccc2)C(=[Se])C1=CC=C1N(C)c2ccccc2C1(C)C. The number of rotatable bonds is 3. The second-order valence-electron chi connectivity index (χ2n) is 8.43. The van der Waals surface area contributed by atoms with Crippen LogP contribution in [-0.4, -0.2) is 32.9 Å². The van der Waals surface area contributed by atoms with Gasteiger partial charge < -0.3 is 0 Å². The monoisotopic (exact) mass is 449 g/mol. The van der Waals surface area contributed by atoms with Crippen molar-refractivity contribution in [2.24, 2.45) is 11.0 Å². The van der Waals surface area contributed by atoms with E-state index in [4.69, 9.17) is 5.10 Å². The molecule has 0 aliphatic carbocycles. The van der Waals surface area contributed by atoms with Crippen molar-refractivity contribution in [1.29, 1.82) is 0 Å². The van der Waals surface area contributed by atoms with Gasteiger partial charge in [-0.15, -0.1) is 0 Å². The van der Waals surface area contributed by atoms with Crippen LogP contribution in [0, 0.1) is 5.92 Å². The molecule has 0 atom stereocenters. The maximum absolute atomic E-state index is 4.93. The molecule has 0 bridgehead atoms. The number of hydrazone groups is 1. The van der Waals surface area contributed by atoms with Gasteiger partial charge in [-0.3, -0.25) is 0 Å². The van der Waals surface area contributed by atoms with Gasteiger partial charge in [0.25, 0.3) is 0 Å². The van der Waals surface area contributed by atoms with Gasteiger partial charge in [0.15, 0.2) is 0 Å². The Labute approximate surface area is 181 Å². The summed E-state index contributed by atoms with van der Waals surface area (Å²) in [7, 11) is 2.16. The molecule has 0 fully saturated rings. The molecule has 0 spiro atoms. The number of fused-ring (bicyclic) bond motifs is 1. The predicted molar refractivity (Wildman–Crippen MR) is 126 cm³/mol. The van der Waals surface area contributed by atoms with Gasteiger partial charge in [0.2, 0.25) is 0 Å². The third kappa shape index (κ3) is 3.31. The first-order valence-electron chi connectivity index (χ1n) is 10.1. The summed E-state index contributed by atoms with van der Waals surface area (Å²) >= 11 is 3.26. The molecule has 0 N–H and O–H groups in total. The van der Waals surface area contributed by atoms with Crippen molar-refractivity contribution in [2.45, 2.75) is 33.1 Å². The Morgan fingerprint density at radius 2 is 1.62 bits per heavy atom. The third-order valence-corrected chi connectivity index (χ3v) is 6.63. The van der Waals surface area contributed by atoms with Crippen molar-refractivity contribution < 1.29 is 0 Å².